The van der Waals surface area contributed by atoms with Crippen LogP contribution in [0.25, 0.3) is 32.5 Å². The number of piperazine rings is 1. The van der Waals surface area contributed by atoms with Crippen molar-refractivity contribution in [3.05, 3.63) is 82.0 Å². The number of nitrogens with zero attached hydrogens (tertiary/aromatic N) is 6. The number of amides is 4. The maximum absolute atomic E-state index is 16.4. The molecule has 76 heavy (non-hydrogen) atoms. The van der Waals surface area contributed by atoms with Gasteiger partial charge in [-0.3, -0.25) is 19.2 Å². The Bertz CT molecular complexity index is 2810. The minimum Gasteiger partial charge on any atom is -0.507 e. The van der Waals surface area contributed by atoms with Gasteiger partial charge in [-0.15, -0.1) is 11.3 Å². The van der Waals surface area contributed by atoms with Gasteiger partial charge in [0.05, 0.1) is 71.8 Å². The van der Waals surface area contributed by atoms with E-state index in [4.69, 9.17) is 25.8 Å². The molecule has 0 aliphatic carbocycles. The highest BCUT2D eigenvalue weighted by Crippen LogP contribution is 2.42. The molecule has 0 unspecified atom stereocenters. The van der Waals surface area contributed by atoms with Gasteiger partial charge in [-0.05, 0) is 48.6 Å². The number of likely N-dealkylation sites (N-methyl/N-ethyl adjacent to an activating group) is 1. The molecule has 3 aromatic carbocycles. The van der Waals surface area contributed by atoms with Crippen LogP contribution in [0.5, 0.6) is 5.75 Å². The van der Waals surface area contributed by atoms with Crippen molar-refractivity contribution in [1.29, 1.82) is 0 Å². The third-order valence-electron chi connectivity index (χ3n) is 13.2. The SMILES string of the molecule is Cc1ncsc1-c1ccc([C@H](C)NC(=O)[C@@H]2C[C@@H](O)CN2C(=O)[C@@H](NC(=O)COCCOCCOCCN(C)C(=O)CCNc2nc(N3CCNCC3)c3cc(Cl)c(-c4c(O)cccc4F)c(F)c3n2)C(C)(C)C)cc1. The summed E-state index contributed by atoms with van der Waals surface area (Å²) in [6.45, 7) is 12.7. The Hall–Kier alpha value is -6.14. The zero-order chi connectivity index (χ0) is 54.7. The summed E-state index contributed by atoms with van der Waals surface area (Å²) in [5.74, 6) is -3.38. The summed E-state index contributed by atoms with van der Waals surface area (Å²) >= 11 is 8.10. The average Bonchev–Trinajstić information content (AvgIpc) is 4.04. The third kappa shape index (κ3) is 14.5. The van der Waals surface area contributed by atoms with Crippen molar-refractivity contribution >= 4 is 69.2 Å². The van der Waals surface area contributed by atoms with Crippen LogP contribution < -0.4 is 26.2 Å². The molecule has 410 valence electrons. The number of benzene rings is 3. The summed E-state index contributed by atoms with van der Waals surface area (Å²) in [7, 11) is 1.64. The molecule has 4 amide bonds. The smallest absolute Gasteiger partial charge is 0.246 e. The van der Waals surface area contributed by atoms with E-state index >= 15 is 4.39 Å². The molecule has 4 heterocycles. The largest absolute Gasteiger partial charge is 0.507 e. The number of nitrogens with one attached hydrogen (secondary N) is 4. The van der Waals surface area contributed by atoms with E-state index in [1.54, 1.807) is 44.7 Å². The number of halogens is 3. The number of carbonyl (C=O) groups excluding carboxylic acids is 4. The second-order valence-corrected chi connectivity index (χ2v) is 21.1. The number of hydrogen-bond acceptors (Lipinski definition) is 16. The lowest BCUT2D eigenvalue weighted by molar-refractivity contribution is -0.144. The number of aromatic hydroxyl groups is 1. The van der Waals surface area contributed by atoms with Gasteiger partial charge in [0.2, 0.25) is 29.6 Å². The summed E-state index contributed by atoms with van der Waals surface area (Å²) in [5, 5.41) is 33.4. The van der Waals surface area contributed by atoms with E-state index in [-0.39, 0.29) is 105 Å². The number of ether oxygens (including phenoxy) is 3. The number of thiazole rings is 1. The molecule has 6 N–H and O–H groups in total. The predicted octanol–water partition coefficient (Wildman–Crippen LogP) is 5.46. The lowest BCUT2D eigenvalue weighted by Crippen LogP contribution is -2.58. The van der Waals surface area contributed by atoms with Gasteiger partial charge < -0.3 is 60.4 Å². The van der Waals surface area contributed by atoms with E-state index in [1.807, 2.05) is 43.0 Å². The van der Waals surface area contributed by atoms with Crippen LogP contribution in [0.15, 0.2) is 54.0 Å². The van der Waals surface area contributed by atoms with Gasteiger partial charge >= 0.3 is 0 Å². The summed E-state index contributed by atoms with van der Waals surface area (Å²) in [6.07, 6.45) is -0.792. The zero-order valence-electron chi connectivity index (χ0n) is 43.6. The fourth-order valence-electron chi connectivity index (χ4n) is 8.99. The standard InChI is InChI=1S/C53H67ClF2N10O9S/c1-31(33-10-12-34(13-11-33)47-32(2)59-30-76-47)60-50(71)39-26-35(67)28-66(39)51(72)48(53(3,4)5)61-41(69)29-75-25-24-74-23-22-73-21-20-64(6)42(70)14-15-58-52-62-46-36(49(63-52)65-18-16-57-17-19-65)27-37(54)43(45(46)56)44-38(55)8-7-9-40(44)68/h7-13,27,30-31,35,39,48,57,67-68H,14-26,28-29H2,1-6H3,(H,60,71)(H,61,69)(H,58,62,63)/t31-,35+,39-,48+/m0/s1. The van der Waals surface area contributed by atoms with Crippen LogP contribution >= 0.6 is 22.9 Å². The minimum absolute atomic E-state index is 0.0520. The number of rotatable bonds is 23. The number of aryl methyl sites for hydroxylation is 1. The van der Waals surface area contributed by atoms with Crippen LogP contribution in [0.3, 0.4) is 0 Å². The molecule has 2 aliphatic heterocycles. The Morgan fingerprint density at radius 1 is 0.974 bits per heavy atom. The van der Waals surface area contributed by atoms with E-state index in [2.05, 4.69) is 36.2 Å². The van der Waals surface area contributed by atoms with Gasteiger partial charge in [0.1, 0.15) is 41.6 Å². The van der Waals surface area contributed by atoms with Gasteiger partial charge in [0.25, 0.3) is 0 Å². The fraction of sp³-hybridized carbons (Fsp3) is 0.491. The molecular formula is C53H67ClF2N10O9S. The van der Waals surface area contributed by atoms with E-state index in [0.29, 0.717) is 43.9 Å². The van der Waals surface area contributed by atoms with Gasteiger partial charge in [-0.2, -0.15) is 4.98 Å². The molecule has 0 bridgehead atoms. The molecule has 2 saturated heterocycles. The molecule has 0 saturated carbocycles. The predicted molar refractivity (Wildman–Crippen MR) is 286 cm³/mol. The monoisotopic (exact) mass is 1090 g/mol. The number of likely N-dealkylation sites (tertiary alicyclic amines) is 1. The van der Waals surface area contributed by atoms with Gasteiger partial charge in [-0.25, -0.2) is 18.7 Å². The van der Waals surface area contributed by atoms with Gasteiger partial charge in [-0.1, -0.05) is 62.7 Å². The molecule has 4 atom stereocenters. The van der Waals surface area contributed by atoms with Crippen molar-refractivity contribution in [1.82, 2.24) is 40.7 Å². The van der Waals surface area contributed by atoms with E-state index in [1.165, 1.54) is 28.0 Å². The Labute approximate surface area is 449 Å². The lowest BCUT2D eigenvalue weighted by Gasteiger charge is -2.35. The highest BCUT2D eigenvalue weighted by atomic mass is 35.5. The van der Waals surface area contributed by atoms with Crippen LogP contribution in [-0.4, -0.2) is 169 Å². The first-order valence-electron chi connectivity index (χ1n) is 25.2. The molecule has 2 aliphatic rings. The summed E-state index contributed by atoms with van der Waals surface area (Å²) in [5.41, 5.74) is 3.08. The third-order valence-corrected chi connectivity index (χ3v) is 14.5. The minimum atomic E-state index is -1.01. The lowest BCUT2D eigenvalue weighted by atomic mass is 9.85. The van der Waals surface area contributed by atoms with Crippen LogP contribution in [0.1, 0.15) is 57.8 Å². The highest BCUT2D eigenvalue weighted by Gasteiger charge is 2.45. The highest BCUT2D eigenvalue weighted by molar-refractivity contribution is 7.13. The van der Waals surface area contributed by atoms with Crippen molar-refractivity contribution in [2.45, 2.75) is 71.7 Å². The summed E-state index contributed by atoms with van der Waals surface area (Å²) in [4.78, 5) is 73.1. The number of hydrogen-bond donors (Lipinski definition) is 6. The number of anilines is 2. The fourth-order valence-corrected chi connectivity index (χ4v) is 10.1. The normalized spacial score (nSPS) is 16.7. The summed E-state index contributed by atoms with van der Waals surface area (Å²) in [6, 6.07) is 10.7. The van der Waals surface area contributed by atoms with Gasteiger partial charge in [0, 0.05) is 76.7 Å². The van der Waals surface area contributed by atoms with E-state index < -0.39 is 58.7 Å². The zero-order valence-corrected chi connectivity index (χ0v) is 45.2. The van der Waals surface area contributed by atoms with Crippen LogP contribution in [0, 0.1) is 24.0 Å². The molecule has 0 spiro atoms. The molecule has 7 rings (SSSR count). The van der Waals surface area contributed by atoms with E-state index in [0.717, 1.165) is 27.8 Å². The Morgan fingerprint density at radius 2 is 1.67 bits per heavy atom. The molecule has 19 nitrogen and oxygen atoms in total. The first kappa shape index (κ1) is 57.6. The first-order valence-corrected chi connectivity index (χ1v) is 26.5. The molecule has 5 aromatic rings. The average molecular weight is 1090 g/mol. The van der Waals surface area contributed by atoms with E-state index in [9.17, 15) is 33.8 Å². The second kappa shape index (κ2) is 26.3. The Balaban J connectivity index is 0.796. The number of aliphatic hydroxyl groups is 1. The number of aromatic nitrogens is 3. The second-order valence-electron chi connectivity index (χ2n) is 19.8. The number of aliphatic hydroxyl groups excluding tert-OH is 1. The maximum atomic E-state index is 16.4. The number of phenolic OH excluding ortho intramolecular Hbond substituents is 1. The number of carbonyl (C=O) groups is 4. The maximum Gasteiger partial charge on any atom is 0.246 e. The van der Waals surface area contributed by atoms with Crippen molar-refractivity contribution in [2.24, 2.45) is 5.41 Å². The quantitative estimate of drug-likeness (QED) is 0.0447. The van der Waals surface area contributed by atoms with Crippen molar-refractivity contribution in [2.75, 3.05) is 103 Å². The van der Waals surface area contributed by atoms with Crippen LogP contribution in [0.2, 0.25) is 5.02 Å². The Kier molecular flexibility index (Phi) is 19.9. The van der Waals surface area contributed by atoms with Crippen molar-refractivity contribution in [3.8, 4) is 27.3 Å². The molecule has 2 fully saturated rings. The van der Waals surface area contributed by atoms with Crippen molar-refractivity contribution in [3.63, 3.8) is 0 Å². The molecular weight excluding hydrogens is 1030 g/mol. The summed E-state index contributed by atoms with van der Waals surface area (Å²) < 4.78 is 48.1. The first-order chi connectivity index (χ1) is 36.3. The molecule has 0 radical (unpaired) electrons. The van der Waals surface area contributed by atoms with Crippen LogP contribution in [-0.2, 0) is 33.4 Å². The topological polar surface area (TPSA) is 233 Å². The number of β-amino-alcohol motifs (C(OH)–C–C–N with tert-alkyl or cyclic N) is 1. The molecule has 23 heteroatoms. The van der Waals surface area contributed by atoms with Crippen LogP contribution in [0.4, 0.5) is 20.5 Å². The Morgan fingerprint density at radius 3 is 2.34 bits per heavy atom. The van der Waals surface area contributed by atoms with Gasteiger partial charge in [0.15, 0.2) is 5.82 Å². The number of phenols is 1. The molecule has 2 aromatic heterocycles. The number of fused-ring (bicyclic) bond motifs is 1. The van der Waals surface area contributed by atoms with Crippen molar-refractivity contribution < 1.29 is 52.4 Å².